The molecule has 0 aliphatic rings. The maximum absolute atomic E-state index is 5.33. The van der Waals surface area contributed by atoms with Crippen LogP contribution in [0.2, 0.25) is 0 Å². The van der Waals surface area contributed by atoms with Gasteiger partial charge in [-0.25, -0.2) is 9.97 Å². The van der Waals surface area contributed by atoms with Crippen LogP contribution in [0.3, 0.4) is 0 Å². The standard InChI is InChI=1S/C38H23N3S/c1-2-10-24(11-3-1)25-18-20-26(21-19-25)35-31-14-4-7-15-32(31)39-38(40-35)41-33-16-8-5-12-27(33)29-22-23-30-28-13-6-9-17-34(28)42-37(30)36(29)41/h1-23H. The second-order valence-corrected chi connectivity index (χ2v) is 11.7. The van der Waals surface area contributed by atoms with Gasteiger partial charge in [-0.2, -0.15) is 0 Å². The Bertz CT molecular complexity index is 2450. The lowest BCUT2D eigenvalue weighted by molar-refractivity contribution is 1.02. The average Bonchev–Trinajstić information content (AvgIpc) is 3.61. The fourth-order valence-electron chi connectivity index (χ4n) is 6.27. The summed E-state index contributed by atoms with van der Waals surface area (Å²) < 4.78 is 4.82. The van der Waals surface area contributed by atoms with Crippen molar-refractivity contribution in [1.82, 2.24) is 14.5 Å². The summed E-state index contributed by atoms with van der Waals surface area (Å²) in [7, 11) is 0. The zero-order valence-electron chi connectivity index (χ0n) is 22.5. The normalized spacial score (nSPS) is 11.8. The van der Waals surface area contributed by atoms with Crippen molar-refractivity contribution in [2.24, 2.45) is 0 Å². The fraction of sp³-hybridized carbons (Fsp3) is 0. The SMILES string of the molecule is c1ccc(-c2ccc(-c3nc(-n4c5ccccc5c5ccc6c7ccccc7sc6c54)nc4ccccc34)cc2)cc1. The molecule has 0 fully saturated rings. The molecule has 0 spiro atoms. The van der Waals surface area contributed by atoms with Gasteiger partial charge in [0, 0.05) is 37.2 Å². The van der Waals surface area contributed by atoms with E-state index in [0.717, 1.165) is 33.2 Å². The molecule has 0 aliphatic carbocycles. The number of nitrogens with zero attached hydrogens (tertiary/aromatic N) is 3. The van der Waals surface area contributed by atoms with Crippen LogP contribution < -0.4 is 0 Å². The van der Waals surface area contributed by atoms with Crippen LogP contribution in [0, 0.1) is 0 Å². The summed E-state index contributed by atoms with van der Waals surface area (Å²) in [5, 5.41) is 6.02. The zero-order valence-corrected chi connectivity index (χ0v) is 23.3. The van der Waals surface area contributed by atoms with Crippen molar-refractivity contribution < 1.29 is 0 Å². The van der Waals surface area contributed by atoms with Gasteiger partial charge < -0.3 is 0 Å². The average molecular weight is 554 g/mol. The van der Waals surface area contributed by atoms with E-state index in [1.54, 1.807) is 0 Å². The smallest absolute Gasteiger partial charge is 0.235 e. The van der Waals surface area contributed by atoms with Gasteiger partial charge in [0.2, 0.25) is 5.95 Å². The minimum absolute atomic E-state index is 0.687. The fourth-order valence-corrected chi connectivity index (χ4v) is 7.51. The van der Waals surface area contributed by atoms with Crippen LogP contribution in [0.1, 0.15) is 0 Å². The van der Waals surface area contributed by atoms with E-state index in [-0.39, 0.29) is 0 Å². The Labute approximate surface area is 246 Å². The highest BCUT2D eigenvalue weighted by molar-refractivity contribution is 7.26. The van der Waals surface area contributed by atoms with Crippen LogP contribution in [0.25, 0.3) is 81.2 Å². The maximum atomic E-state index is 5.33. The summed E-state index contributed by atoms with van der Waals surface area (Å²) in [6, 6.07) is 49.3. The van der Waals surface area contributed by atoms with Crippen LogP contribution in [0.15, 0.2) is 140 Å². The molecule has 3 nitrogen and oxygen atoms in total. The van der Waals surface area contributed by atoms with E-state index in [1.165, 1.54) is 42.1 Å². The Hall–Kier alpha value is -5.32. The number of rotatable bonds is 3. The molecule has 0 radical (unpaired) electrons. The first kappa shape index (κ1) is 23.4. The molecular weight excluding hydrogens is 531 g/mol. The number of benzene rings is 6. The first-order valence-electron chi connectivity index (χ1n) is 14.1. The summed E-state index contributed by atoms with van der Waals surface area (Å²) in [5.41, 5.74) is 7.60. The van der Waals surface area contributed by atoms with Crippen molar-refractivity contribution in [2.75, 3.05) is 0 Å². The van der Waals surface area contributed by atoms with E-state index in [9.17, 15) is 0 Å². The highest BCUT2D eigenvalue weighted by atomic mass is 32.1. The first-order chi connectivity index (χ1) is 20.8. The summed E-state index contributed by atoms with van der Waals surface area (Å²) in [5.74, 6) is 0.687. The van der Waals surface area contributed by atoms with Crippen LogP contribution in [-0.4, -0.2) is 14.5 Å². The third-order valence-electron chi connectivity index (χ3n) is 8.24. The van der Waals surface area contributed by atoms with Crippen LogP contribution >= 0.6 is 11.3 Å². The highest BCUT2D eigenvalue weighted by Gasteiger charge is 2.20. The number of fused-ring (bicyclic) bond motifs is 8. The molecule has 0 amide bonds. The van der Waals surface area contributed by atoms with Gasteiger partial charge in [0.15, 0.2) is 0 Å². The number of thiophene rings is 1. The summed E-state index contributed by atoms with van der Waals surface area (Å²) in [4.78, 5) is 10.5. The lowest BCUT2D eigenvalue weighted by Crippen LogP contribution is -2.03. The van der Waals surface area contributed by atoms with Crippen LogP contribution in [0.5, 0.6) is 0 Å². The molecular formula is C38H23N3S. The Balaban J connectivity index is 1.35. The number of para-hydroxylation sites is 2. The van der Waals surface area contributed by atoms with Crippen molar-refractivity contribution in [3.8, 4) is 28.3 Å². The van der Waals surface area contributed by atoms with E-state index in [0.29, 0.717) is 5.95 Å². The highest BCUT2D eigenvalue weighted by Crippen LogP contribution is 2.43. The Morgan fingerprint density at radius 2 is 1.10 bits per heavy atom. The molecule has 0 saturated carbocycles. The Kier molecular flexibility index (Phi) is 5.07. The molecule has 4 heteroatoms. The predicted molar refractivity (Wildman–Crippen MR) is 178 cm³/mol. The summed E-state index contributed by atoms with van der Waals surface area (Å²) in [6.45, 7) is 0. The van der Waals surface area contributed by atoms with Gasteiger partial charge in [0.25, 0.3) is 0 Å². The van der Waals surface area contributed by atoms with Crippen LogP contribution in [0.4, 0.5) is 0 Å². The number of aromatic nitrogens is 3. The monoisotopic (exact) mass is 553 g/mol. The van der Waals surface area contributed by atoms with E-state index in [2.05, 4.69) is 138 Å². The van der Waals surface area contributed by atoms with E-state index in [4.69, 9.17) is 9.97 Å². The van der Waals surface area contributed by atoms with Crippen molar-refractivity contribution in [3.05, 3.63) is 140 Å². The van der Waals surface area contributed by atoms with Gasteiger partial charge in [0.1, 0.15) is 0 Å². The maximum Gasteiger partial charge on any atom is 0.235 e. The van der Waals surface area contributed by atoms with E-state index in [1.807, 2.05) is 17.4 Å². The van der Waals surface area contributed by atoms with Crippen molar-refractivity contribution in [1.29, 1.82) is 0 Å². The third kappa shape index (κ3) is 3.46. The second-order valence-electron chi connectivity index (χ2n) is 10.6. The molecule has 0 unspecified atom stereocenters. The number of hydrogen-bond donors (Lipinski definition) is 0. The molecule has 0 atom stereocenters. The molecule has 0 bridgehead atoms. The minimum Gasteiger partial charge on any atom is -0.276 e. The topological polar surface area (TPSA) is 30.7 Å². The molecule has 0 aliphatic heterocycles. The predicted octanol–water partition coefficient (Wildman–Crippen LogP) is 10.4. The van der Waals surface area contributed by atoms with Gasteiger partial charge in [0.05, 0.1) is 26.9 Å². The van der Waals surface area contributed by atoms with E-state index >= 15 is 0 Å². The zero-order chi connectivity index (χ0) is 27.6. The van der Waals surface area contributed by atoms with Crippen molar-refractivity contribution >= 4 is 64.2 Å². The quantitative estimate of drug-likeness (QED) is 0.218. The first-order valence-corrected chi connectivity index (χ1v) is 14.9. The van der Waals surface area contributed by atoms with Crippen LogP contribution in [-0.2, 0) is 0 Å². The molecule has 196 valence electrons. The van der Waals surface area contributed by atoms with E-state index < -0.39 is 0 Å². The van der Waals surface area contributed by atoms with Gasteiger partial charge in [-0.1, -0.05) is 121 Å². The molecule has 6 aromatic carbocycles. The molecule has 9 rings (SSSR count). The Morgan fingerprint density at radius 1 is 0.452 bits per heavy atom. The summed E-state index contributed by atoms with van der Waals surface area (Å²) >= 11 is 1.84. The lowest BCUT2D eigenvalue weighted by atomic mass is 10.0. The summed E-state index contributed by atoms with van der Waals surface area (Å²) in [6.07, 6.45) is 0. The molecule has 42 heavy (non-hydrogen) atoms. The molecule has 3 heterocycles. The molecule has 9 aromatic rings. The lowest BCUT2D eigenvalue weighted by Gasteiger charge is -2.12. The largest absolute Gasteiger partial charge is 0.276 e. The Morgan fingerprint density at radius 3 is 1.95 bits per heavy atom. The molecule has 3 aromatic heterocycles. The van der Waals surface area contributed by atoms with Crippen molar-refractivity contribution in [3.63, 3.8) is 0 Å². The van der Waals surface area contributed by atoms with Crippen molar-refractivity contribution in [2.45, 2.75) is 0 Å². The minimum atomic E-state index is 0.687. The number of hydrogen-bond acceptors (Lipinski definition) is 3. The van der Waals surface area contributed by atoms with Gasteiger partial charge in [-0.3, -0.25) is 4.57 Å². The molecule has 0 saturated heterocycles. The molecule has 0 N–H and O–H groups in total. The van der Waals surface area contributed by atoms with Gasteiger partial charge in [-0.15, -0.1) is 11.3 Å². The van der Waals surface area contributed by atoms with Gasteiger partial charge in [-0.05, 0) is 29.3 Å². The second kappa shape index (κ2) is 9.10. The van der Waals surface area contributed by atoms with Gasteiger partial charge >= 0.3 is 0 Å². The third-order valence-corrected chi connectivity index (χ3v) is 9.43.